The summed E-state index contributed by atoms with van der Waals surface area (Å²) in [4.78, 5) is 4.89. The molecule has 0 amide bonds. The van der Waals surface area contributed by atoms with Crippen molar-refractivity contribution in [3.63, 3.8) is 0 Å². The zero-order chi connectivity index (χ0) is 18.4. The van der Waals surface area contributed by atoms with Crippen molar-refractivity contribution in [2.75, 3.05) is 0 Å². The summed E-state index contributed by atoms with van der Waals surface area (Å²) in [5.41, 5.74) is 2.38. The van der Waals surface area contributed by atoms with Crippen molar-refractivity contribution in [2.45, 2.75) is 26.8 Å². The summed E-state index contributed by atoms with van der Waals surface area (Å²) in [5.74, 6) is 0.957. The molecule has 0 aliphatic carbocycles. The molecule has 1 N–H and O–H groups in total. The van der Waals surface area contributed by atoms with E-state index in [1.54, 1.807) is 0 Å². The first-order chi connectivity index (χ1) is 12.6. The summed E-state index contributed by atoms with van der Waals surface area (Å²) < 4.78 is 0. The largest absolute Gasteiger partial charge is 0.341 e. The SMILES string of the molecule is Cc1ccc(C(=NC(C)C)NP(c2ccccc2)c2ccccc2)cc1. The fourth-order valence-corrected chi connectivity index (χ4v) is 4.57. The first-order valence-corrected chi connectivity index (χ1v) is 10.3. The third kappa shape index (κ3) is 4.80. The number of nitrogens with zero attached hydrogens (tertiary/aromatic N) is 1. The van der Waals surface area contributed by atoms with E-state index < -0.39 is 8.07 Å². The lowest BCUT2D eigenvalue weighted by atomic mass is 10.1. The fourth-order valence-electron chi connectivity index (χ4n) is 2.68. The Balaban J connectivity index is 2.01. The van der Waals surface area contributed by atoms with Gasteiger partial charge in [0.25, 0.3) is 0 Å². The number of hydrogen-bond acceptors (Lipinski definition) is 1. The van der Waals surface area contributed by atoms with Crippen molar-refractivity contribution in [1.82, 2.24) is 5.09 Å². The Hall–Kier alpha value is -2.44. The van der Waals surface area contributed by atoms with Gasteiger partial charge in [0.05, 0.1) is 8.07 Å². The first-order valence-electron chi connectivity index (χ1n) is 8.95. The molecule has 0 aromatic heterocycles. The van der Waals surface area contributed by atoms with E-state index in [4.69, 9.17) is 4.99 Å². The first kappa shape index (κ1) is 18.4. The third-order valence-corrected chi connectivity index (χ3v) is 6.02. The van der Waals surface area contributed by atoms with Crippen LogP contribution in [0.4, 0.5) is 0 Å². The summed E-state index contributed by atoms with van der Waals surface area (Å²) in [7, 11) is -0.733. The van der Waals surface area contributed by atoms with Gasteiger partial charge in [0.1, 0.15) is 5.84 Å². The second-order valence-electron chi connectivity index (χ2n) is 6.56. The van der Waals surface area contributed by atoms with Crippen LogP contribution in [-0.2, 0) is 0 Å². The van der Waals surface area contributed by atoms with E-state index in [2.05, 4.69) is 111 Å². The minimum absolute atomic E-state index is 0.224. The van der Waals surface area contributed by atoms with Gasteiger partial charge in [-0.3, -0.25) is 4.99 Å². The molecule has 3 heteroatoms. The van der Waals surface area contributed by atoms with Crippen LogP contribution in [-0.4, -0.2) is 11.9 Å². The molecule has 0 spiro atoms. The van der Waals surface area contributed by atoms with Gasteiger partial charge >= 0.3 is 0 Å². The maximum atomic E-state index is 4.89. The third-order valence-electron chi connectivity index (χ3n) is 3.96. The molecule has 0 heterocycles. The molecule has 0 saturated heterocycles. The van der Waals surface area contributed by atoms with Crippen LogP contribution in [0.5, 0.6) is 0 Å². The molecule has 3 aromatic rings. The average molecular weight is 360 g/mol. The van der Waals surface area contributed by atoms with Gasteiger partial charge in [-0.05, 0) is 20.8 Å². The second kappa shape index (κ2) is 8.78. The molecule has 0 saturated carbocycles. The number of aliphatic imine (C=N–C) groups is 1. The van der Waals surface area contributed by atoms with Crippen LogP contribution in [0.15, 0.2) is 89.9 Å². The van der Waals surface area contributed by atoms with E-state index in [0.29, 0.717) is 0 Å². The zero-order valence-corrected chi connectivity index (χ0v) is 16.4. The van der Waals surface area contributed by atoms with E-state index in [0.717, 1.165) is 11.4 Å². The van der Waals surface area contributed by atoms with E-state index in [-0.39, 0.29) is 6.04 Å². The fraction of sp³-hybridized carbons (Fsp3) is 0.174. The molecule has 3 aromatic carbocycles. The normalized spacial score (nSPS) is 11.8. The molecule has 0 fully saturated rings. The highest BCUT2D eigenvalue weighted by atomic mass is 31.1. The van der Waals surface area contributed by atoms with Crippen LogP contribution >= 0.6 is 8.07 Å². The molecule has 26 heavy (non-hydrogen) atoms. The predicted molar refractivity (Wildman–Crippen MR) is 115 cm³/mol. The number of nitrogens with one attached hydrogen (secondary N) is 1. The Kier molecular flexibility index (Phi) is 6.20. The number of amidine groups is 1. The Morgan fingerprint density at radius 2 is 1.27 bits per heavy atom. The summed E-state index contributed by atoms with van der Waals surface area (Å²) >= 11 is 0. The molecule has 0 bridgehead atoms. The monoisotopic (exact) mass is 360 g/mol. The van der Waals surface area contributed by atoms with E-state index in [9.17, 15) is 0 Å². The maximum absolute atomic E-state index is 4.89. The summed E-state index contributed by atoms with van der Waals surface area (Å²) in [6.45, 7) is 6.34. The van der Waals surface area contributed by atoms with Crippen LogP contribution in [0.2, 0.25) is 0 Å². The Morgan fingerprint density at radius 3 is 1.73 bits per heavy atom. The molecule has 3 rings (SSSR count). The summed E-state index contributed by atoms with van der Waals surface area (Å²) in [6.07, 6.45) is 0. The van der Waals surface area contributed by atoms with Gasteiger partial charge in [-0.1, -0.05) is 90.5 Å². The zero-order valence-electron chi connectivity index (χ0n) is 15.6. The van der Waals surface area contributed by atoms with Gasteiger partial charge in [-0.25, -0.2) is 0 Å². The van der Waals surface area contributed by atoms with Gasteiger partial charge in [-0.15, -0.1) is 0 Å². The lowest BCUT2D eigenvalue weighted by Crippen LogP contribution is -2.30. The van der Waals surface area contributed by atoms with E-state index in [1.807, 2.05) is 0 Å². The lowest BCUT2D eigenvalue weighted by Gasteiger charge is -2.23. The highest BCUT2D eigenvalue weighted by Gasteiger charge is 2.17. The van der Waals surface area contributed by atoms with Gasteiger partial charge in [-0.2, -0.15) is 0 Å². The van der Waals surface area contributed by atoms with Crippen LogP contribution in [0.25, 0.3) is 0 Å². The Bertz CT molecular complexity index is 801. The van der Waals surface area contributed by atoms with Crippen LogP contribution in [0.1, 0.15) is 25.0 Å². The van der Waals surface area contributed by atoms with Crippen molar-refractivity contribution in [2.24, 2.45) is 4.99 Å². The highest BCUT2D eigenvalue weighted by Crippen LogP contribution is 2.29. The van der Waals surface area contributed by atoms with Gasteiger partial charge in [0, 0.05) is 22.2 Å². The number of rotatable bonds is 5. The molecule has 2 nitrogen and oxygen atoms in total. The van der Waals surface area contributed by atoms with Crippen molar-refractivity contribution in [3.05, 3.63) is 96.1 Å². The Morgan fingerprint density at radius 1 is 0.769 bits per heavy atom. The summed E-state index contributed by atoms with van der Waals surface area (Å²) in [5, 5.41) is 6.35. The van der Waals surface area contributed by atoms with E-state index >= 15 is 0 Å². The molecular formula is C23H25N2P. The standard InChI is InChI=1S/C23H25N2P/c1-18(2)24-23(20-16-14-19(3)15-17-20)25-26(21-10-6-4-7-11-21)22-12-8-5-9-13-22/h4-18H,1-3H3,(H,24,25). The van der Waals surface area contributed by atoms with E-state index in [1.165, 1.54) is 16.2 Å². The molecular weight excluding hydrogens is 335 g/mol. The number of aryl methyl sites for hydroxylation is 1. The lowest BCUT2D eigenvalue weighted by molar-refractivity contribution is 0.832. The minimum Gasteiger partial charge on any atom is -0.341 e. The quantitative estimate of drug-likeness (QED) is 0.395. The van der Waals surface area contributed by atoms with Crippen LogP contribution in [0, 0.1) is 6.92 Å². The summed E-state index contributed by atoms with van der Waals surface area (Å²) in [6, 6.07) is 30.1. The number of benzene rings is 3. The van der Waals surface area contributed by atoms with Crippen molar-refractivity contribution in [1.29, 1.82) is 0 Å². The molecule has 0 aliphatic heterocycles. The van der Waals surface area contributed by atoms with Gasteiger partial charge in [0.2, 0.25) is 0 Å². The van der Waals surface area contributed by atoms with Crippen molar-refractivity contribution < 1.29 is 0 Å². The van der Waals surface area contributed by atoms with Gasteiger partial charge < -0.3 is 5.09 Å². The topological polar surface area (TPSA) is 24.4 Å². The predicted octanol–water partition coefficient (Wildman–Crippen LogP) is 4.79. The van der Waals surface area contributed by atoms with Crippen LogP contribution in [0.3, 0.4) is 0 Å². The number of hydrogen-bond donors (Lipinski definition) is 1. The molecule has 132 valence electrons. The van der Waals surface area contributed by atoms with Crippen molar-refractivity contribution in [3.8, 4) is 0 Å². The van der Waals surface area contributed by atoms with Crippen LogP contribution < -0.4 is 15.7 Å². The molecule has 0 unspecified atom stereocenters. The Labute approximate surface area is 157 Å². The molecule has 0 aliphatic rings. The highest BCUT2D eigenvalue weighted by molar-refractivity contribution is 7.71. The smallest absolute Gasteiger partial charge is 0.132 e. The second-order valence-corrected chi connectivity index (χ2v) is 8.48. The molecule has 0 radical (unpaired) electrons. The minimum atomic E-state index is -0.733. The van der Waals surface area contributed by atoms with Crippen molar-refractivity contribution >= 4 is 24.5 Å². The maximum Gasteiger partial charge on any atom is 0.132 e. The molecule has 0 atom stereocenters. The average Bonchev–Trinajstić information content (AvgIpc) is 2.67. The van der Waals surface area contributed by atoms with Gasteiger partial charge in [0.15, 0.2) is 0 Å².